The molecule has 1 saturated heterocycles. The second-order valence-corrected chi connectivity index (χ2v) is 4.41. The Bertz CT molecular complexity index is 399. The number of nitrogens with one attached hydrogen (secondary N) is 1. The molecular formula is C12H18N4O. The molecule has 0 unspecified atom stereocenters. The summed E-state index contributed by atoms with van der Waals surface area (Å²) in [5.41, 5.74) is 6.47. The Kier molecular flexibility index (Phi) is 3.46. The SMILES string of the molecule is CC(=O)NC1CCN(c2cc(N)ccn2)CC1. The summed E-state index contributed by atoms with van der Waals surface area (Å²) < 4.78 is 0. The summed E-state index contributed by atoms with van der Waals surface area (Å²) in [6, 6.07) is 3.97. The van der Waals surface area contributed by atoms with Crippen LogP contribution in [-0.4, -0.2) is 30.0 Å². The van der Waals surface area contributed by atoms with Gasteiger partial charge in [0, 0.05) is 44.0 Å². The van der Waals surface area contributed by atoms with Gasteiger partial charge in [-0.25, -0.2) is 4.98 Å². The molecule has 2 heterocycles. The third-order valence-corrected chi connectivity index (χ3v) is 3.00. The lowest BCUT2D eigenvalue weighted by Crippen LogP contribution is -2.44. The van der Waals surface area contributed by atoms with Crippen LogP contribution < -0.4 is 16.0 Å². The lowest BCUT2D eigenvalue weighted by Gasteiger charge is -2.33. The molecule has 5 nitrogen and oxygen atoms in total. The van der Waals surface area contributed by atoms with Crippen molar-refractivity contribution in [3.05, 3.63) is 18.3 Å². The van der Waals surface area contributed by atoms with Crippen LogP contribution in [0.2, 0.25) is 0 Å². The first-order chi connectivity index (χ1) is 8.15. The number of nitrogens with zero attached hydrogens (tertiary/aromatic N) is 2. The lowest BCUT2D eigenvalue weighted by atomic mass is 10.1. The van der Waals surface area contributed by atoms with Gasteiger partial charge in [-0.2, -0.15) is 0 Å². The lowest BCUT2D eigenvalue weighted by molar-refractivity contribution is -0.119. The summed E-state index contributed by atoms with van der Waals surface area (Å²) in [4.78, 5) is 17.5. The van der Waals surface area contributed by atoms with E-state index in [2.05, 4.69) is 15.2 Å². The molecule has 1 aromatic rings. The molecule has 0 aromatic carbocycles. The molecule has 0 bridgehead atoms. The van der Waals surface area contributed by atoms with Gasteiger partial charge in [-0.15, -0.1) is 0 Å². The number of hydrogen-bond donors (Lipinski definition) is 2. The van der Waals surface area contributed by atoms with Gasteiger partial charge in [0.05, 0.1) is 0 Å². The molecule has 1 fully saturated rings. The number of nitrogens with two attached hydrogens (primary N) is 1. The summed E-state index contributed by atoms with van der Waals surface area (Å²) in [6.45, 7) is 3.37. The van der Waals surface area contributed by atoms with E-state index >= 15 is 0 Å². The first-order valence-corrected chi connectivity index (χ1v) is 5.89. The van der Waals surface area contributed by atoms with E-state index in [1.807, 2.05) is 6.07 Å². The number of carbonyl (C=O) groups excluding carboxylic acids is 1. The molecule has 0 saturated carbocycles. The Hall–Kier alpha value is -1.78. The Balaban J connectivity index is 1.93. The highest BCUT2D eigenvalue weighted by molar-refractivity contribution is 5.73. The highest BCUT2D eigenvalue weighted by atomic mass is 16.1. The van der Waals surface area contributed by atoms with Crippen LogP contribution in [0.15, 0.2) is 18.3 Å². The van der Waals surface area contributed by atoms with Crippen molar-refractivity contribution >= 4 is 17.4 Å². The molecule has 2 rings (SSSR count). The number of amides is 1. The fourth-order valence-corrected chi connectivity index (χ4v) is 2.15. The number of rotatable bonds is 2. The van der Waals surface area contributed by atoms with Crippen molar-refractivity contribution in [3.63, 3.8) is 0 Å². The highest BCUT2D eigenvalue weighted by Crippen LogP contribution is 2.19. The summed E-state index contributed by atoms with van der Waals surface area (Å²) in [5, 5.41) is 2.95. The zero-order valence-electron chi connectivity index (χ0n) is 10.0. The largest absolute Gasteiger partial charge is 0.399 e. The molecule has 0 aliphatic carbocycles. The average molecular weight is 234 g/mol. The minimum Gasteiger partial charge on any atom is -0.399 e. The molecule has 1 aliphatic rings. The topological polar surface area (TPSA) is 71.2 Å². The second-order valence-electron chi connectivity index (χ2n) is 4.41. The number of piperidine rings is 1. The summed E-state index contributed by atoms with van der Waals surface area (Å²) in [5.74, 6) is 0.969. The molecule has 0 spiro atoms. The van der Waals surface area contributed by atoms with Gasteiger partial charge in [0.1, 0.15) is 5.82 Å². The predicted molar refractivity (Wildman–Crippen MR) is 67.7 cm³/mol. The molecule has 0 radical (unpaired) electrons. The van der Waals surface area contributed by atoms with E-state index in [9.17, 15) is 4.79 Å². The third kappa shape index (κ3) is 3.09. The molecule has 1 aliphatic heterocycles. The summed E-state index contributed by atoms with van der Waals surface area (Å²) in [7, 11) is 0. The maximum atomic E-state index is 11.0. The van der Waals surface area contributed by atoms with Crippen LogP contribution in [0, 0.1) is 0 Å². The molecule has 17 heavy (non-hydrogen) atoms. The van der Waals surface area contributed by atoms with Crippen LogP contribution in [0.4, 0.5) is 11.5 Å². The molecule has 92 valence electrons. The normalized spacial score (nSPS) is 16.9. The van der Waals surface area contributed by atoms with Gasteiger partial charge in [-0.05, 0) is 18.9 Å². The van der Waals surface area contributed by atoms with E-state index in [0.29, 0.717) is 6.04 Å². The summed E-state index contributed by atoms with van der Waals surface area (Å²) >= 11 is 0. The van der Waals surface area contributed by atoms with Crippen LogP contribution in [0.25, 0.3) is 0 Å². The Morgan fingerprint density at radius 1 is 1.53 bits per heavy atom. The van der Waals surface area contributed by atoms with Crippen LogP contribution in [-0.2, 0) is 4.79 Å². The molecule has 5 heteroatoms. The van der Waals surface area contributed by atoms with Gasteiger partial charge in [0.25, 0.3) is 0 Å². The van der Waals surface area contributed by atoms with Gasteiger partial charge >= 0.3 is 0 Å². The van der Waals surface area contributed by atoms with E-state index in [0.717, 1.165) is 37.4 Å². The fraction of sp³-hybridized carbons (Fsp3) is 0.500. The van der Waals surface area contributed by atoms with E-state index in [1.54, 1.807) is 19.2 Å². The molecular weight excluding hydrogens is 216 g/mol. The first-order valence-electron chi connectivity index (χ1n) is 5.89. The Morgan fingerprint density at radius 3 is 2.82 bits per heavy atom. The van der Waals surface area contributed by atoms with Gasteiger partial charge < -0.3 is 16.0 Å². The van der Waals surface area contributed by atoms with Crippen LogP contribution in [0.1, 0.15) is 19.8 Å². The highest BCUT2D eigenvalue weighted by Gasteiger charge is 2.20. The minimum atomic E-state index is 0.0468. The first kappa shape index (κ1) is 11.7. The van der Waals surface area contributed by atoms with E-state index in [-0.39, 0.29) is 5.91 Å². The fourth-order valence-electron chi connectivity index (χ4n) is 2.15. The number of pyridine rings is 1. The molecule has 1 aromatic heterocycles. The Morgan fingerprint density at radius 2 is 2.24 bits per heavy atom. The maximum absolute atomic E-state index is 11.0. The smallest absolute Gasteiger partial charge is 0.217 e. The molecule has 3 N–H and O–H groups in total. The van der Waals surface area contributed by atoms with Gasteiger partial charge in [0.2, 0.25) is 5.91 Å². The number of hydrogen-bond acceptors (Lipinski definition) is 4. The van der Waals surface area contributed by atoms with Crippen molar-refractivity contribution in [2.75, 3.05) is 23.7 Å². The van der Waals surface area contributed by atoms with Gasteiger partial charge in [-0.3, -0.25) is 4.79 Å². The standard InChI is InChI=1S/C12H18N4O/c1-9(17)15-11-3-6-16(7-4-11)12-8-10(13)2-5-14-12/h2,5,8,11H,3-4,6-7H2,1H3,(H2,13,14)(H,15,17). The van der Waals surface area contributed by atoms with Crippen LogP contribution >= 0.6 is 0 Å². The van der Waals surface area contributed by atoms with Crippen LogP contribution in [0.3, 0.4) is 0 Å². The number of anilines is 2. The van der Waals surface area contributed by atoms with E-state index in [1.165, 1.54) is 0 Å². The van der Waals surface area contributed by atoms with Crippen molar-refractivity contribution in [1.82, 2.24) is 10.3 Å². The van der Waals surface area contributed by atoms with Crippen molar-refractivity contribution in [2.24, 2.45) is 0 Å². The number of aromatic nitrogens is 1. The summed E-state index contributed by atoms with van der Waals surface area (Å²) in [6.07, 6.45) is 3.64. The zero-order valence-corrected chi connectivity index (χ0v) is 10.0. The van der Waals surface area contributed by atoms with Gasteiger partial charge in [-0.1, -0.05) is 0 Å². The number of carbonyl (C=O) groups is 1. The zero-order chi connectivity index (χ0) is 12.3. The van der Waals surface area contributed by atoms with Crippen molar-refractivity contribution in [3.8, 4) is 0 Å². The van der Waals surface area contributed by atoms with Gasteiger partial charge in [0.15, 0.2) is 0 Å². The predicted octanol–water partition coefficient (Wildman–Crippen LogP) is 0.769. The average Bonchev–Trinajstić information content (AvgIpc) is 2.29. The molecule has 0 atom stereocenters. The van der Waals surface area contributed by atoms with Crippen molar-refractivity contribution in [2.45, 2.75) is 25.8 Å². The van der Waals surface area contributed by atoms with Crippen LogP contribution in [0.5, 0.6) is 0 Å². The third-order valence-electron chi connectivity index (χ3n) is 3.00. The maximum Gasteiger partial charge on any atom is 0.217 e. The second kappa shape index (κ2) is 5.03. The van der Waals surface area contributed by atoms with Crippen molar-refractivity contribution < 1.29 is 4.79 Å². The quantitative estimate of drug-likeness (QED) is 0.793. The monoisotopic (exact) mass is 234 g/mol. The number of nitrogen functional groups attached to an aromatic ring is 1. The minimum absolute atomic E-state index is 0.0468. The van der Waals surface area contributed by atoms with Crippen molar-refractivity contribution in [1.29, 1.82) is 0 Å². The van der Waals surface area contributed by atoms with E-state index in [4.69, 9.17) is 5.73 Å². The van der Waals surface area contributed by atoms with E-state index < -0.39 is 0 Å². The Labute approximate surface area is 101 Å². The molecule has 1 amide bonds.